The molecule has 26 heavy (non-hydrogen) atoms. The second kappa shape index (κ2) is 11.3. The molecule has 7 heteroatoms. The first kappa shape index (κ1) is 21.6. The Hall–Kier alpha value is -2.41. The smallest absolute Gasteiger partial charge is 0.254 e. The number of nitrogens with two attached hydrogens (primary N) is 1. The first-order valence-corrected chi connectivity index (χ1v) is 8.89. The summed E-state index contributed by atoms with van der Waals surface area (Å²) in [4.78, 5) is 38.4. The molecule has 0 aliphatic carbocycles. The van der Waals surface area contributed by atoms with E-state index in [1.165, 1.54) is 4.90 Å². The van der Waals surface area contributed by atoms with Crippen LogP contribution in [0.1, 0.15) is 49.0 Å². The summed E-state index contributed by atoms with van der Waals surface area (Å²) in [5.74, 6) is -1.30. The van der Waals surface area contributed by atoms with Crippen LogP contribution in [0, 0.1) is 0 Å². The van der Waals surface area contributed by atoms with Crippen LogP contribution in [0.4, 0.5) is 0 Å². The third-order valence-electron chi connectivity index (χ3n) is 3.87. The number of amides is 3. The molecule has 1 unspecified atom stereocenters. The van der Waals surface area contributed by atoms with E-state index in [9.17, 15) is 14.4 Å². The van der Waals surface area contributed by atoms with Gasteiger partial charge in [0.2, 0.25) is 11.8 Å². The van der Waals surface area contributed by atoms with Crippen molar-refractivity contribution in [3.05, 3.63) is 35.4 Å². The lowest BCUT2D eigenvalue weighted by molar-refractivity contribution is -0.129. The Kier molecular flexibility index (Phi) is 9.36. The minimum absolute atomic E-state index is 0.140. The Balaban J connectivity index is 3.05. The number of ether oxygens (including phenoxy) is 1. The monoisotopic (exact) mass is 363 g/mol. The van der Waals surface area contributed by atoms with Crippen molar-refractivity contribution in [3.8, 4) is 0 Å². The molecule has 0 bridgehead atoms. The van der Waals surface area contributed by atoms with E-state index < -0.39 is 11.9 Å². The van der Waals surface area contributed by atoms with Gasteiger partial charge in [0.25, 0.3) is 5.91 Å². The van der Waals surface area contributed by atoms with E-state index in [1.54, 1.807) is 25.3 Å². The number of carbonyl (C=O) groups excluding carboxylic acids is 3. The summed E-state index contributed by atoms with van der Waals surface area (Å²) < 4.78 is 5.09. The van der Waals surface area contributed by atoms with Gasteiger partial charge in [0.05, 0.1) is 13.0 Å². The molecular formula is C19H29N3O4. The third kappa shape index (κ3) is 6.48. The molecule has 1 rings (SSSR count). The highest BCUT2D eigenvalue weighted by Gasteiger charge is 2.30. The normalized spacial score (nSPS) is 11.7. The zero-order valence-electron chi connectivity index (χ0n) is 15.8. The minimum Gasteiger partial charge on any atom is -0.380 e. The molecule has 0 aliphatic heterocycles. The van der Waals surface area contributed by atoms with Gasteiger partial charge in [-0.3, -0.25) is 14.4 Å². The van der Waals surface area contributed by atoms with Crippen molar-refractivity contribution in [1.82, 2.24) is 10.2 Å². The van der Waals surface area contributed by atoms with Crippen LogP contribution in [0.15, 0.2) is 24.3 Å². The van der Waals surface area contributed by atoms with Gasteiger partial charge in [-0.2, -0.15) is 0 Å². The fourth-order valence-corrected chi connectivity index (χ4v) is 2.64. The summed E-state index contributed by atoms with van der Waals surface area (Å²) in [7, 11) is 1.58. The largest absolute Gasteiger partial charge is 0.380 e. The molecule has 1 aromatic carbocycles. The molecule has 1 aromatic rings. The fraction of sp³-hybridized carbons (Fsp3) is 0.526. The molecule has 0 radical (unpaired) electrons. The lowest BCUT2D eigenvalue weighted by Crippen LogP contribution is -2.50. The Bertz CT molecular complexity index is 619. The molecule has 0 fully saturated rings. The van der Waals surface area contributed by atoms with Crippen LogP contribution in [-0.4, -0.2) is 48.9 Å². The quantitative estimate of drug-likeness (QED) is 0.621. The average molecular weight is 363 g/mol. The van der Waals surface area contributed by atoms with E-state index in [1.807, 2.05) is 19.9 Å². The number of methoxy groups -OCH3 is 1. The Labute approximate surface area is 154 Å². The number of hydrogen-bond acceptors (Lipinski definition) is 4. The van der Waals surface area contributed by atoms with Crippen molar-refractivity contribution >= 4 is 17.7 Å². The average Bonchev–Trinajstić information content (AvgIpc) is 2.62. The van der Waals surface area contributed by atoms with Crippen LogP contribution in [-0.2, 0) is 20.9 Å². The van der Waals surface area contributed by atoms with E-state index in [-0.39, 0.29) is 18.2 Å². The van der Waals surface area contributed by atoms with E-state index in [4.69, 9.17) is 10.5 Å². The number of primary amides is 1. The van der Waals surface area contributed by atoms with Gasteiger partial charge < -0.3 is 20.7 Å². The number of rotatable bonds is 11. The van der Waals surface area contributed by atoms with Gasteiger partial charge in [0, 0.05) is 25.8 Å². The molecule has 0 aliphatic rings. The van der Waals surface area contributed by atoms with Gasteiger partial charge in [0.1, 0.15) is 6.04 Å². The highest BCUT2D eigenvalue weighted by Crippen LogP contribution is 2.14. The van der Waals surface area contributed by atoms with Crippen LogP contribution >= 0.6 is 0 Å². The van der Waals surface area contributed by atoms with Crippen LogP contribution in [0.3, 0.4) is 0 Å². The van der Waals surface area contributed by atoms with Gasteiger partial charge in [0.15, 0.2) is 0 Å². The lowest BCUT2D eigenvalue weighted by Gasteiger charge is -2.29. The zero-order valence-corrected chi connectivity index (χ0v) is 15.8. The fourth-order valence-electron chi connectivity index (χ4n) is 2.64. The lowest BCUT2D eigenvalue weighted by atomic mass is 10.1. The number of nitrogens with zero attached hydrogens (tertiary/aromatic N) is 1. The second-order valence-electron chi connectivity index (χ2n) is 6.10. The van der Waals surface area contributed by atoms with Crippen molar-refractivity contribution in [2.24, 2.45) is 5.73 Å². The topological polar surface area (TPSA) is 102 Å². The van der Waals surface area contributed by atoms with Crippen molar-refractivity contribution in [2.75, 3.05) is 20.2 Å². The van der Waals surface area contributed by atoms with Crippen LogP contribution in [0.2, 0.25) is 0 Å². The van der Waals surface area contributed by atoms with E-state index in [0.29, 0.717) is 31.7 Å². The van der Waals surface area contributed by atoms with Crippen molar-refractivity contribution in [1.29, 1.82) is 0 Å². The van der Waals surface area contributed by atoms with Crippen LogP contribution < -0.4 is 11.1 Å². The van der Waals surface area contributed by atoms with E-state index in [0.717, 1.165) is 12.0 Å². The first-order chi connectivity index (χ1) is 12.4. The van der Waals surface area contributed by atoms with Crippen molar-refractivity contribution in [2.45, 2.75) is 45.8 Å². The van der Waals surface area contributed by atoms with Crippen molar-refractivity contribution in [3.63, 3.8) is 0 Å². The molecule has 3 N–H and O–H groups in total. The molecule has 0 saturated carbocycles. The number of hydrogen-bond donors (Lipinski definition) is 2. The summed E-state index contributed by atoms with van der Waals surface area (Å²) in [5, 5.41) is 2.72. The standard InChI is InChI=1S/C19H29N3O4/c1-4-9-21-17(23)12-16(18(20)24)22(10-5-2)19(25)15-8-6-7-14(11-15)13-26-3/h6-8,11,16H,4-5,9-10,12-13H2,1-3H3,(H2,20,24)(H,21,23). The molecule has 0 spiro atoms. The Morgan fingerprint density at radius 1 is 1.23 bits per heavy atom. The summed E-state index contributed by atoms with van der Waals surface area (Å²) in [5.41, 5.74) is 6.80. The number of nitrogens with one attached hydrogen (secondary N) is 1. The van der Waals surface area contributed by atoms with E-state index >= 15 is 0 Å². The number of benzene rings is 1. The third-order valence-corrected chi connectivity index (χ3v) is 3.87. The van der Waals surface area contributed by atoms with Gasteiger partial charge >= 0.3 is 0 Å². The number of carbonyl (C=O) groups is 3. The summed E-state index contributed by atoms with van der Waals surface area (Å²) in [6.07, 6.45) is 1.29. The molecule has 0 heterocycles. The second-order valence-corrected chi connectivity index (χ2v) is 6.10. The molecule has 144 valence electrons. The highest BCUT2D eigenvalue weighted by atomic mass is 16.5. The summed E-state index contributed by atoms with van der Waals surface area (Å²) >= 11 is 0. The summed E-state index contributed by atoms with van der Waals surface area (Å²) in [6, 6.07) is 6.04. The van der Waals surface area contributed by atoms with Gasteiger partial charge in [-0.15, -0.1) is 0 Å². The zero-order chi connectivity index (χ0) is 19.5. The van der Waals surface area contributed by atoms with E-state index in [2.05, 4.69) is 5.32 Å². The highest BCUT2D eigenvalue weighted by molar-refractivity contribution is 5.98. The molecule has 7 nitrogen and oxygen atoms in total. The molecule has 0 aromatic heterocycles. The van der Waals surface area contributed by atoms with Gasteiger partial charge in [-0.05, 0) is 30.5 Å². The maximum atomic E-state index is 13.0. The Morgan fingerprint density at radius 2 is 1.96 bits per heavy atom. The van der Waals surface area contributed by atoms with Crippen LogP contribution in [0.5, 0.6) is 0 Å². The summed E-state index contributed by atoms with van der Waals surface area (Å²) in [6.45, 7) is 5.07. The predicted molar refractivity (Wildman–Crippen MR) is 99.4 cm³/mol. The maximum absolute atomic E-state index is 13.0. The van der Waals surface area contributed by atoms with Crippen LogP contribution in [0.25, 0.3) is 0 Å². The first-order valence-electron chi connectivity index (χ1n) is 8.89. The van der Waals surface area contributed by atoms with Gasteiger partial charge in [-0.25, -0.2) is 0 Å². The Morgan fingerprint density at radius 3 is 2.54 bits per heavy atom. The molecule has 3 amide bonds. The molecular weight excluding hydrogens is 334 g/mol. The molecule has 1 atom stereocenters. The minimum atomic E-state index is -0.981. The molecule has 0 saturated heterocycles. The SMILES string of the molecule is CCCNC(=O)CC(C(N)=O)N(CCC)C(=O)c1cccc(COC)c1. The predicted octanol–water partition coefficient (Wildman–Crippen LogP) is 1.46. The van der Waals surface area contributed by atoms with Crippen molar-refractivity contribution < 1.29 is 19.1 Å². The maximum Gasteiger partial charge on any atom is 0.254 e. The van der Waals surface area contributed by atoms with Gasteiger partial charge in [-0.1, -0.05) is 26.0 Å².